The lowest BCUT2D eigenvalue weighted by Gasteiger charge is -1.86. The third-order valence-corrected chi connectivity index (χ3v) is 1.42. The van der Waals surface area contributed by atoms with E-state index in [1.165, 1.54) is 4.80 Å². The summed E-state index contributed by atoms with van der Waals surface area (Å²) in [6.07, 6.45) is 0. The highest BCUT2D eigenvalue weighted by Gasteiger charge is 2.02. The zero-order chi connectivity index (χ0) is 7.68. The van der Waals surface area contributed by atoms with Crippen molar-refractivity contribution in [1.82, 2.24) is 15.4 Å². The summed E-state index contributed by atoms with van der Waals surface area (Å²) in [5.74, 6) is 0. The number of nitrogens with zero attached hydrogens (tertiary/aromatic N) is 4. The Morgan fingerprint density at radius 3 is 2.73 bits per heavy atom. The molecule has 1 aromatic heterocycles. The van der Waals surface area contributed by atoms with Crippen LogP contribution in [-0.4, -0.2) is 15.4 Å². The first-order chi connectivity index (χ1) is 5.36. The van der Waals surface area contributed by atoms with Gasteiger partial charge in [0.1, 0.15) is 7.05 Å². The molecule has 54 valence electrons. The van der Waals surface area contributed by atoms with Crippen LogP contribution < -0.4 is 4.80 Å². The molecule has 11 heavy (non-hydrogen) atoms. The van der Waals surface area contributed by atoms with E-state index in [1.807, 2.05) is 24.3 Å². The predicted molar refractivity (Wildman–Crippen MR) is 38.5 cm³/mol. The number of aromatic nitrogens is 4. The van der Waals surface area contributed by atoms with E-state index in [4.69, 9.17) is 0 Å². The molecule has 0 aliphatic rings. The van der Waals surface area contributed by atoms with Crippen LogP contribution in [0.4, 0.5) is 0 Å². The molecule has 0 saturated heterocycles. The molecule has 2 rings (SSSR count). The first-order valence-electron chi connectivity index (χ1n) is 3.32. The van der Waals surface area contributed by atoms with Crippen molar-refractivity contribution in [1.29, 1.82) is 0 Å². The highest BCUT2D eigenvalue weighted by atomic mass is 15.5. The van der Waals surface area contributed by atoms with Crippen LogP contribution in [0.2, 0.25) is 0 Å². The number of hydrogen-bond acceptors (Lipinski definition) is 3. The highest BCUT2D eigenvalue weighted by Crippen LogP contribution is 2.01. The molecule has 0 amide bonds. The maximum Gasteiger partial charge on any atom is 0.232 e. The minimum absolute atomic E-state index is 0.825. The molecule has 0 unspecified atom stereocenters. The van der Waals surface area contributed by atoms with E-state index in [0.717, 1.165) is 11.0 Å². The van der Waals surface area contributed by atoms with Gasteiger partial charge in [0.25, 0.3) is 0 Å². The van der Waals surface area contributed by atoms with Gasteiger partial charge >= 0.3 is 0 Å². The zero-order valence-electron chi connectivity index (χ0n) is 6.10. The maximum absolute atomic E-state index is 4.12. The molecule has 4 heteroatoms. The average molecular weight is 147 g/mol. The summed E-state index contributed by atoms with van der Waals surface area (Å²) in [6, 6.07) is 7.63. The van der Waals surface area contributed by atoms with Crippen LogP contribution in [-0.2, 0) is 7.05 Å². The highest BCUT2D eigenvalue weighted by molar-refractivity contribution is 5.71. The lowest BCUT2D eigenvalue weighted by Crippen LogP contribution is -2.38. The molecular formula is C7H7N4+. The Kier molecular flexibility index (Phi) is 1.25. The quantitative estimate of drug-likeness (QED) is 0.487. The summed E-state index contributed by atoms with van der Waals surface area (Å²) in [7, 11) is 1.75. The zero-order valence-corrected chi connectivity index (χ0v) is 6.10. The predicted octanol–water partition coefficient (Wildman–Crippen LogP) is -0.151. The Morgan fingerprint density at radius 1 is 1.18 bits per heavy atom. The molecule has 1 aromatic carbocycles. The second-order valence-electron chi connectivity index (χ2n) is 2.27. The first-order valence-corrected chi connectivity index (χ1v) is 3.32. The fourth-order valence-electron chi connectivity index (χ4n) is 0.922. The van der Waals surface area contributed by atoms with Gasteiger partial charge in [-0.05, 0) is 16.9 Å². The minimum atomic E-state index is 0.825. The summed E-state index contributed by atoms with van der Waals surface area (Å²) >= 11 is 0. The van der Waals surface area contributed by atoms with E-state index >= 15 is 0 Å². The monoisotopic (exact) mass is 147 g/mol. The van der Waals surface area contributed by atoms with Gasteiger partial charge in [-0.2, -0.15) is 0 Å². The minimum Gasteiger partial charge on any atom is -0.0596 e. The van der Waals surface area contributed by atoms with Crippen molar-refractivity contribution in [2.45, 2.75) is 0 Å². The van der Waals surface area contributed by atoms with Crippen LogP contribution in [0.5, 0.6) is 0 Å². The van der Waals surface area contributed by atoms with E-state index in [-0.39, 0.29) is 0 Å². The molecule has 0 radical (unpaired) electrons. The number of benzene rings is 1. The van der Waals surface area contributed by atoms with Crippen LogP contribution in [0.3, 0.4) is 0 Å². The Hall–Kier alpha value is -1.58. The van der Waals surface area contributed by atoms with Crippen molar-refractivity contribution in [3.63, 3.8) is 0 Å². The van der Waals surface area contributed by atoms with Gasteiger partial charge in [-0.3, -0.25) is 0 Å². The van der Waals surface area contributed by atoms with Crippen LogP contribution in [0, 0.1) is 0 Å². The average Bonchev–Trinajstić information content (AvgIpc) is 2.04. The van der Waals surface area contributed by atoms with E-state index < -0.39 is 0 Å². The molecule has 0 saturated carbocycles. The van der Waals surface area contributed by atoms with E-state index in [0.29, 0.717) is 0 Å². The van der Waals surface area contributed by atoms with Gasteiger partial charge in [-0.15, -0.1) is 0 Å². The molecule has 0 aliphatic heterocycles. The molecule has 4 nitrogen and oxygen atoms in total. The third-order valence-electron chi connectivity index (χ3n) is 1.42. The number of aryl methyl sites for hydroxylation is 1. The summed E-state index contributed by atoms with van der Waals surface area (Å²) in [5, 5.41) is 11.8. The number of hydrogen-bond donors (Lipinski definition) is 0. The van der Waals surface area contributed by atoms with Gasteiger partial charge in [-0.1, -0.05) is 17.2 Å². The van der Waals surface area contributed by atoms with Gasteiger partial charge in [0.2, 0.25) is 5.52 Å². The van der Waals surface area contributed by atoms with Gasteiger partial charge in [0.15, 0.2) is 10.7 Å². The molecule has 0 aliphatic carbocycles. The summed E-state index contributed by atoms with van der Waals surface area (Å²) < 4.78 is 0. The topological polar surface area (TPSA) is 42.5 Å². The second kappa shape index (κ2) is 2.23. The Labute approximate surface area is 63.5 Å². The normalized spacial score (nSPS) is 10.3. The van der Waals surface area contributed by atoms with Gasteiger partial charge in [-0.25, -0.2) is 0 Å². The third kappa shape index (κ3) is 1.02. The van der Waals surface area contributed by atoms with Crippen molar-refractivity contribution in [3.8, 4) is 0 Å². The summed E-state index contributed by atoms with van der Waals surface area (Å²) in [6.45, 7) is 0. The van der Waals surface area contributed by atoms with Crippen molar-refractivity contribution < 1.29 is 4.80 Å². The fourth-order valence-corrected chi connectivity index (χ4v) is 0.922. The summed E-state index contributed by atoms with van der Waals surface area (Å²) in [4.78, 5) is 1.45. The Morgan fingerprint density at radius 2 is 1.91 bits per heavy atom. The summed E-state index contributed by atoms with van der Waals surface area (Å²) in [5.41, 5.74) is 1.69. The van der Waals surface area contributed by atoms with Crippen LogP contribution >= 0.6 is 0 Å². The van der Waals surface area contributed by atoms with Gasteiger partial charge in [0.05, 0.1) is 5.10 Å². The molecule has 2 aromatic rings. The molecule has 0 spiro atoms. The number of rotatable bonds is 0. The Bertz CT molecular complexity index is 385. The number of fused-ring (bicyclic) bond motifs is 1. The Balaban J connectivity index is 2.83. The largest absolute Gasteiger partial charge is 0.232 e. The molecular weight excluding hydrogens is 140 g/mol. The van der Waals surface area contributed by atoms with Crippen molar-refractivity contribution in [2.24, 2.45) is 7.05 Å². The molecule has 1 heterocycles. The fraction of sp³-hybridized carbons (Fsp3) is 0.143. The first kappa shape index (κ1) is 6.15. The lowest BCUT2D eigenvalue weighted by molar-refractivity contribution is -0.788. The second-order valence-corrected chi connectivity index (χ2v) is 2.27. The van der Waals surface area contributed by atoms with Crippen molar-refractivity contribution >= 4 is 11.0 Å². The molecule has 0 bridgehead atoms. The standard InChI is InChI=1S/C7H7N4/c1-11-9-7-5-3-2-4-6(7)8-10-11/h2-5H,1H3/q+1. The lowest BCUT2D eigenvalue weighted by atomic mass is 10.3. The van der Waals surface area contributed by atoms with Gasteiger partial charge in [0, 0.05) is 0 Å². The van der Waals surface area contributed by atoms with E-state index in [2.05, 4.69) is 15.4 Å². The van der Waals surface area contributed by atoms with Gasteiger partial charge < -0.3 is 0 Å². The van der Waals surface area contributed by atoms with Crippen molar-refractivity contribution in [3.05, 3.63) is 24.3 Å². The molecule has 0 fully saturated rings. The molecule has 0 N–H and O–H groups in total. The van der Waals surface area contributed by atoms with E-state index in [9.17, 15) is 0 Å². The van der Waals surface area contributed by atoms with Crippen LogP contribution in [0.25, 0.3) is 11.0 Å². The molecule has 0 atom stereocenters. The van der Waals surface area contributed by atoms with Crippen LogP contribution in [0.15, 0.2) is 24.3 Å². The van der Waals surface area contributed by atoms with Crippen LogP contribution in [0.1, 0.15) is 0 Å². The van der Waals surface area contributed by atoms with E-state index in [1.54, 1.807) is 7.05 Å². The SMILES string of the molecule is C[n+]1nnc2ccccc2n1. The maximum atomic E-state index is 4.12. The van der Waals surface area contributed by atoms with Crippen molar-refractivity contribution in [2.75, 3.05) is 0 Å². The smallest absolute Gasteiger partial charge is 0.0596 e.